The summed E-state index contributed by atoms with van der Waals surface area (Å²) in [5.41, 5.74) is 0.384. The summed E-state index contributed by atoms with van der Waals surface area (Å²) in [6.45, 7) is -0.284. The average Bonchev–Trinajstić information content (AvgIpc) is 2.84. The maximum absolute atomic E-state index is 11.9. The van der Waals surface area contributed by atoms with E-state index in [9.17, 15) is 16.8 Å². The Balaban J connectivity index is 2.13. The quantitative estimate of drug-likeness (QED) is 0.656. The van der Waals surface area contributed by atoms with Crippen LogP contribution >= 0.6 is 0 Å². The number of hydrogen-bond acceptors (Lipinski definition) is 5. The topological polar surface area (TPSA) is 116 Å². The summed E-state index contributed by atoms with van der Waals surface area (Å²) in [5, 5.41) is 8.84. The summed E-state index contributed by atoms with van der Waals surface area (Å²) >= 11 is 0. The molecule has 0 radical (unpaired) electrons. The number of aromatic amines is 1. The molecule has 0 aromatic carbocycles. The first-order valence-electron chi connectivity index (χ1n) is 5.33. The van der Waals surface area contributed by atoms with E-state index in [1.165, 1.54) is 12.3 Å². The minimum absolute atomic E-state index is 0.00384. The van der Waals surface area contributed by atoms with Crippen molar-refractivity contribution in [3.8, 4) is 0 Å². The van der Waals surface area contributed by atoms with E-state index in [0.717, 1.165) is 0 Å². The van der Waals surface area contributed by atoms with Crippen molar-refractivity contribution < 1.29 is 21.9 Å². The van der Waals surface area contributed by atoms with Crippen molar-refractivity contribution in [3.05, 3.63) is 18.0 Å². The zero-order valence-electron chi connectivity index (χ0n) is 9.46. The third kappa shape index (κ3) is 2.91. The summed E-state index contributed by atoms with van der Waals surface area (Å²) in [7, 11) is -6.86. The van der Waals surface area contributed by atoms with Crippen LogP contribution in [0, 0.1) is 0 Å². The van der Waals surface area contributed by atoms with Crippen LogP contribution in [0.25, 0.3) is 0 Å². The van der Waals surface area contributed by atoms with Crippen LogP contribution in [-0.4, -0.2) is 44.5 Å². The number of hydrogen-bond donors (Lipinski definition) is 3. The van der Waals surface area contributed by atoms with Crippen LogP contribution in [0.1, 0.15) is 12.1 Å². The summed E-state index contributed by atoms with van der Waals surface area (Å²) in [5.74, 6) is -0.154. The second-order valence-electron chi connectivity index (χ2n) is 4.24. The molecule has 18 heavy (non-hydrogen) atoms. The van der Waals surface area contributed by atoms with Crippen LogP contribution in [0.2, 0.25) is 0 Å². The first-order valence-corrected chi connectivity index (χ1v) is 8.64. The number of aliphatic hydroxyl groups excluding tert-OH is 1. The van der Waals surface area contributed by atoms with E-state index in [1.54, 1.807) is 0 Å². The maximum atomic E-state index is 11.9. The molecule has 7 nitrogen and oxygen atoms in total. The number of aromatic nitrogens is 1. The molecule has 0 spiro atoms. The number of H-pyrrole nitrogens is 1. The van der Waals surface area contributed by atoms with Crippen molar-refractivity contribution in [1.29, 1.82) is 0 Å². The Morgan fingerprint density at radius 3 is 2.72 bits per heavy atom. The molecule has 1 unspecified atom stereocenters. The van der Waals surface area contributed by atoms with Crippen molar-refractivity contribution in [2.45, 2.75) is 24.0 Å². The average molecular weight is 294 g/mol. The number of rotatable bonds is 4. The molecule has 0 bridgehead atoms. The zero-order chi connectivity index (χ0) is 13.4. The molecule has 1 fully saturated rings. The summed E-state index contributed by atoms with van der Waals surface area (Å²) in [6, 6.07) is 0.735. The van der Waals surface area contributed by atoms with Gasteiger partial charge in [-0.3, -0.25) is 0 Å². The van der Waals surface area contributed by atoms with E-state index in [2.05, 4.69) is 9.71 Å². The van der Waals surface area contributed by atoms with E-state index >= 15 is 0 Å². The highest BCUT2D eigenvalue weighted by Gasteiger charge is 2.31. The number of sulfone groups is 1. The van der Waals surface area contributed by atoms with E-state index in [4.69, 9.17) is 5.11 Å². The lowest BCUT2D eigenvalue weighted by Gasteiger charge is -2.09. The molecule has 102 valence electrons. The standard InChI is InChI=1S/C9H14N2O5S2/c12-5-8-3-9(4-10-8)18(15,16)11-7-1-2-17(13,14)6-7/h3-4,7,10-12H,1-2,5-6H2. The highest BCUT2D eigenvalue weighted by Crippen LogP contribution is 2.16. The van der Waals surface area contributed by atoms with Gasteiger partial charge in [0.15, 0.2) is 9.84 Å². The molecule has 9 heteroatoms. The Bertz CT molecular complexity index is 632. The Hall–Kier alpha value is -0.900. The van der Waals surface area contributed by atoms with E-state index in [0.29, 0.717) is 12.1 Å². The normalized spacial score (nSPS) is 23.3. The third-order valence-corrected chi connectivity index (χ3v) is 6.02. The lowest BCUT2D eigenvalue weighted by atomic mass is 10.3. The van der Waals surface area contributed by atoms with Gasteiger partial charge in [0.25, 0.3) is 0 Å². The van der Waals surface area contributed by atoms with Crippen LogP contribution < -0.4 is 4.72 Å². The van der Waals surface area contributed by atoms with Gasteiger partial charge >= 0.3 is 0 Å². The highest BCUT2D eigenvalue weighted by molar-refractivity contribution is 7.92. The van der Waals surface area contributed by atoms with Crippen molar-refractivity contribution in [2.75, 3.05) is 11.5 Å². The van der Waals surface area contributed by atoms with Crippen molar-refractivity contribution >= 4 is 19.9 Å². The predicted molar refractivity (Wildman–Crippen MR) is 64.1 cm³/mol. The monoisotopic (exact) mass is 294 g/mol. The first kappa shape index (κ1) is 13.5. The second-order valence-corrected chi connectivity index (χ2v) is 8.18. The van der Waals surface area contributed by atoms with E-state index in [1.807, 2.05) is 0 Å². The van der Waals surface area contributed by atoms with Gasteiger partial charge in [-0.25, -0.2) is 21.6 Å². The molecule has 1 saturated heterocycles. The molecule has 1 aliphatic rings. The van der Waals surface area contributed by atoms with Gasteiger partial charge in [0.05, 0.1) is 23.0 Å². The minimum atomic E-state index is -3.74. The molecule has 2 rings (SSSR count). The number of aliphatic hydroxyl groups is 1. The van der Waals surface area contributed by atoms with Crippen LogP contribution in [0.4, 0.5) is 0 Å². The summed E-state index contributed by atoms with van der Waals surface area (Å²) in [6.07, 6.45) is 1.55. The fourth-order valence-electron chi connectivity index (χ4n) is 1.84. The highest BCUT2D eigenvalue weighted by atomic mass is 32.2. The maximum Gasteiger partial charge on any atom is 0.242 e. The van der Waals surface area contributed by atoms with Crippen LogP contribution in [0.5, 0.6) is 0 Å². The van der Waals surface area contributed by atoms with Gasteiger partial charge in [-0.1, -0.05) is 0 Å². The van der Waals surface area contributed by atoms with Gasteiger partial charge in [0.1, 0.15) is 0 Å². The first-order chi connectivity index (χ1) is 8.32. The molecule has 1 atom stereocenters. The van der Waals surface area contributed by atoms with Gasteiger partial charge in [-0.15, -0.1) is 0 Å². The molecule has 2 heterocycles. The van der Waals surface area contributed by atoms with Gasteiger partial charge < -0.3 is 10.1 Å². The van der Waals surface area contributed by atoms with Crippen LogP contribution in [0.15, 0.2) is 17.2 Å². The fraction of sp³-hybridized carbons (Fsp3) is 0.556. The molecular formula is C9H14N2O5S2. The van der Waals surface area contributed by atoms with Crippen LogP contribution in [0.3, 0.4) is 0 Å². The van der Waals surface area contributed by atoms with Crippen LogP contribution in [-0.2, 0) is 26.5 Å². The largest absolute Gasteiger partial charge is 0.390 e. The van der Waals surface area contributed by atoms with Crippen molar-refractivity contribution in [2.24, 2.45) is 0 Å². The molecule has 3 N–H and O–H groups in total. The number of sulfonamides is 1. The van der Waals surface area contributed by atoms with Gasteiger partial charge in [-0.05, 0) is 12.5 Å². The molecule has 1 aliphatic heterocycles. The predicted octanol–water partition coefficient (Wildman–Crippen LogP) is -1.03. The number of nitrogens with one attached hydrogen (secondary N) is 2. The second kappa shape index (κ2) is 4.65. The molecule has 0 saturated carbocycles. The Kier molecular flexibility index (Phi) is 3.49. The SMILES string of the molecule is O=S1(=O)CCC(NS(=O)(=O)c2c[nH]c(CO)c2)C1. The molecule has 0 aliphatic carbocycles. The smallest absolute Gasteiger partial charge is 0.242 e. The molecule has 1 aromatic heterocycles. The zero-order valence-corrected chi connectivity index (χ0v) is 11.1. The molecule has 0 amide bonds. The lowest BCUT2D eigenvalue weighted by molar-refractivity contribution is 0.277. The fourth-order valence-corrected chi connectivity index (χ4v) is 4.91. The molecular weight excluding hydrogens is 280 g/mol. The van der Waals surface area contributed by atoms with E-state index < -0.39 is 25.9 Å². The Labute approximate surface area is 105 Å². The van der Waals surface area contributed by atoms with Crippen molar-refractivity contribution in [3.63, 3.8) is 0 Å². The van der Waals surface area contributed by atoms with Gasteiger partial charge in [0, 0.05) is 17.9 Å². The summed E-state index contributed by atoms with van der Waals surface area (Å²) in [4.78, 5) is 2.61. The Morgan fingerprint density at radius 2 is 2.22 bits per heavy atom. The minimum Gasteiger partial charge on any atom is -0.390 e. The lowest BCUT2D eigenvalue weighted by Crippen LogP contribution is -2.35. The molecule has 1 aromatic rings. The van der Waals surface area contributed by atoms with E-state index in [-0.39, 0.29) is 23.0 Å². The Morgan fingerprint density at radius 1 is 1.50 bits per heavy atom. The summed E-state index contributed by atoms with van der Waals surface area (Å²) < 4.78 is 48.7. The third-order valence-electron chi connectivity index (χ3n) is 2.75. The van der Waals surface area contributed by atoms with Crippen molar-refractivity contribution in [1.82, 2.24) is 9.71 Å². The van der Waals surface area contributed by atoms with Gasteiger partial charge in [0.2, 0.25) is 10.0 Å². The van der Waals surface area contributed by atoms with Gasteiger partial charge in [-0.2, -0.15) is 0 Å².